The molecule has 0 aliphatic carbocycles. The van der Waals surface area contributed by atoms with Crippen LogP contribution in [0.1, 0.15) is 32.3 Å². The number of rotatable bonds is 3. The summed E-state index contributed by atoms with van der Waals surface area (Å²) in [4.78, 5) is 15.4. The van der Waals surface area contributed by atoms with Crippen LogP contribution in [0.4, 0.5) is 0 Å². The number of hydrogen-bond acceptors (Lipinski definition) is 2. The predicted octanol–water partition coefficient (Wildman–Crippen LogP) is 5.03. The van der Waals surface area contributed by atoms with Gasteiger partial charge in [-0.05, 0) is 50.6 Å². The Morgan fingerprint density at radius 3 is 2.55 bits per heavy atom. The average molecular weight is 316 g/mol. The van der Waals surface area contributed by atoms with E-state index in [2.05, 4.69) is 4.98 Å². The molecule has 0 bridgehead atoms. The lowest BCUT2D eigenvalue weighted by atomic mass is 9.99. The quantitative estimate of drug-likeness (QED) is 0.689. The zero-order chi connectivity index (χ0) is 15.9. The number of ether oxygens (including phenoxy) is 1. The molecule has 1 N–H and O–H groups in total. The molecule has 1 unspecified atom stereocenters. The van der Waals surface area contributed by atoms with Gasteiger partial charge in [0.25, 0.3) is 0 Å². The maximum atomic E-state index is 12.1. The third-order valence-electron chi connectivity index (χ3n) is 3.79. The van der Waals surface area contributed by atoms with E-state index in [4.69, 9.17) is 16.3 Å². The molecule has 0 radical (unpaired) electrons. The molecule has 3 rings (SSSR count). The second kappa shape index (κ2) is 5.65. The molecule has 3 nitrogen and oxygen atoms in total. The van der Waals surface area contributed by atoms with Crippen LogP contribution in [0.15, 0.2) is 36.4 Å². The molecule has 1 aromatic heterocycles. The average Bonchev–Trinajstić information content (AvgIpc) is 2.82. The summed E-state index contributed by atoms with van der Waals surface area (Å²) in [6.45, 7) is 5.58. The van der Waals surface area contributed by atoms with Crippen molar-refractivity contribution in [3.63, 3.8) is 0 Å². The Kier molecular flexibility index (Phi) is 3.83. The third kappa shape index (κ3) is 2.69. The van der Waals surface area contributed by atoms with Gasteiger partial charge in [-0.25, -0.2) is 0 Å². The monoisotopic (exact) mass is 315 g/mol. The van der Waals surface area contributed by atoms with Crippen LogP contribution in [0.2, 0.25) is 5.02 Å². The van der Waals surface area contributed by atoms with E-state index in [0.29, 0.717) is 5.02 Å². The summed E-state index contributed by atoms with van der Waals surface area (Å²) < 4.78 is 5.29. The van der Waals surface area contributed by atoms with Gasteiger partial charge in [0.15, 0.2) is 0 Å². The van der Waals surface area contributed by atoms with Gasteiger partial charge < -0.3 is 9.72 Å². The van der Waals surface area contributed by atoms with E-state index in [1.807, 2.05) is 57.2 Å². The van der Waals surface area contributed by atoms with Gasteiger partial charge in [0.05, 0.1) is 12.0 Å². The minimum atomic E-state index is -0.290. The molecule has 22 heavy (non-hydrogen) atoms. The molecular formula is C18H18ClNO2. The number of H-pyrrole nitrogens is 1. The summed E-state index contributed by atoms with van der Waals surface area (Å²) in [6, 6.07) is 11.8. The minimum Gasteiger partial charge on any atom is -0.463 e. The van der Waals surface area contributed by atoms with Gasteiger partial charge in [0.2, 0.25) is 0 Å². The molecule has 1 heterocycles. The Morgan fingerprint density at radius 2 is 1.82 bits per heavy atom. The Hall–Kier alpha value is -2.00. The van der Waals surface area contributed by atoms with E-state index in [9.17, 15) is 4.79 Å². The van der Waals surface area contributed by atoms with Crippen LogP contribution in [-0.4, -0.2) is 17.1 Å². The van der Waals surface area contributed by atoms with Gasteiger partial charge in [-0.2, -0.15) is 0 Å². The third-order valence-corrected chi connectivity index (χ3v) is 4.03. The molecule has 1 atom stereocenters. The second-order valence-electron chi connectivity index (χ2n) is 5.83. The highest BCUT2D eigenvalue weighted by Crippen LogP contribution is 2.30. The molecule has 3 aromatic rings. The van der Waals surface area contributed by atoms with Gasteiger partial charge in [-0.3, -0.25) is 4.79 Å². The first-order valence-corrected chi connectivity index (χ1v) is 7.75. The normalized spacial score (nSPS) is 13.0. The molecule has 0 saturated carbocycles. The van der Waals surface area contributed by atoms with Crippen molar-refractivity contribution in [2.75, 3.05) is 0 Å². The fourth-order valence-corrected chi connectivity index (χ4v) is 2.81. The Bertz CT molecular complexity index is 851. The number of aromatic amines is 1. The van der Waals surface area contributed by atoms with Crippen LogP contribution in [0.5, 0.6) is 0 Å². The van der Waals surface area contributed by atoms with Crippen molar-refractivity contribution < 1.29 is 9.53 Å². The molecule has 0 spiro atoms. The van der Waals surface area contributed by atoms with Crippen LogP contribution in [0, 0.1) is 0 Å². The summed E-state index contributed by atoms with van der Waals surface area (Å²) in [7, 11) is 0. The number of carbonyl (C=O) groups excluding carboxylic acids is 1. The number of nitrogens with one attached hydrogen (secondary N) is 1. The van der Waals surface area contributed by atoms with E-state index >= 15 is 0 Å². The van der Waals surface area contributed by atoms with E-state index in [0.717, 1.165) is 27.4 Å². The van der Waals surface area contributed by atoms with Crippen LogP contribution >= 0.6 is 11.6 Å². The van der Waals surface area contributed by atoms with Crippen molar-refractivity contribution in [2.45, 2.75) is 32.8 Å². The minimum absolute atomic E-state index is 0.103. The Morgan fingerprint density at radius 1 is 1.05 bits per heavy atom. The fraction of sp³-hybridized carbons (Fsp3) is 0.278. The summed E-state index contributed by atoms with van der Waals surface area (Å²) in [5, 5.41) is 2.91. The van der Waals surface area contributed by atoms with Crippen LogP contribution in [0.3, 0.4) is 0 Å². The van der Waals surface area contributed by atoms with Crippen molar-refractivity contribution in [3.05, 3.63) is 47.0 Å². The molecular weight excluding hydrogens is 298 g/mol. The molecule has 4 heteroatoms. The van der Waals surface area contributed by atoms with Crippen LogP contribution in [0.25, 0.3) is 21.8 Å². The van der Waals surface area contributed by atoms with Gasteiger partial charge in [-0.1, -0.05) is 23.7 Å². The maximum Gasteiger partial charge on any atom is 0.313 e. The Balaban J connectivity index is 2.03. The summed E-state index contributed by atoms with van der Waals surface area (Å²) in [5.74, 6) is -0.490. The first-order chi connectivity index (χ1) is 10.5. The van der Waals surface area contributed by atoms with Crippen molar-refractivity contribution in [2.24, 2.45) is 0 Å². The highest BCUT2D eigenvalue weighted by Gasteiger charge is 2.18. The molecule has 2 aromatic carbocycles. The number of fused-ring (bicyclic) bond motifs is 3. The standard InChI is InChI=1S/C18H18ClNO2/c1-10(2)22-18(21)11(3)12-4-6-14-15-9-13(19)5-7-16(15)20-17(14)8-12/h4-11,20H,1-3H3. The van der Waals surface area contributed by atoms with Gasteiger partial charge in [0.1, 0.15) is 0 Å². The summed E-state index contributed by atoms with van der Waals surface area (Å²) >= 11 is 6.07. The summed E-state index contributed by atoms with van der Waals surface area (Å²) in [6.07, 6.45) is -0.103. The topological polar surface area (TPSA) is 42.1 Å². The maximum absolute atomic E-state index is 12.1. The van der Waals surface area contributed by atoms with Gasteiger partial charge >= 0.3 is 5.97 Å². The van der Waals surface area contributed by atoms with Crippen molar-refractivity contribution in [1.29, 1.82) is 0 Å². The van der Waals surface area contributed by atoms with E-state index < -0.39 is 0 Å². The molecule has 0 amide bonds. The summed E-state index contributed by atoms with van der Waals surface area (Å²) in [5.41, 5.74) is 2.98. The molecule has 0 fully saturated rings. The van der Waals surface area contributed by atoms with Crippen LogP contribution in [-0.2, 0) is 9.53 Å². The van der Waals surface area contributed by atoms with E-state index in [-0.39, 0.29) is 18.0 Å². The number of halogens is 1. The largest absolute Gasteiger partial charge is 0.463 e. The number of esters is 1. The highest BCUT2D eigenvalue weighted by atomic mass is 35.5. The first kappa shape index (κ1) is 14.9. The van der Waals surface area contributed by atoms with E-state index in [1.54, 1.807) is 0 Å². The zero-order valence-corrected chi connectivity index (χ0v) is 13.6. The van der Waals surface area contributed by atoms with Crippen LogP contribution < -0.4 is 0 Å². The molecule has 0 saturated heterocycles. The van der Waals surface area contributed by atoms with Crippen molar-refractivity contribution in [1.82, 2.24) is 4.98 Å². The van der Waals surface area contributed by atoms with Gasteiger partial charge in [-0.15, -0.1) is 0 Å². The number of hydrogen-bond donors (Lipinski definition) is 1. The van der Waals surface area contributed by atoms with Crippen molar-refractivity contribution in [3.8, 4) is 0 Å². The van der Waals surface area contributed by atoms with E-state index in [1.165, 1.54) is 0 Å². The first-order valence-electron chi connectivity index (χ1n) is 7.37. The lowest BCUT2D eigenvalue weighted by Gasteiger charge is -2.14. The van der Waals surface area contributed by atoms with Gasteiger partial charge in [0, 0.05) is 26.8 Å². The number of benzene rings is 2. The highest BCUT2D eigenvalue weighted by molar-refractivity contribution is 6.31. The zero-order valence-electron chi connectivity index (χ0n) is 12.8. The smallest absolute Gasteiger partial charge is 0.313 e. The lowest BCUT2D eigenvalue weighted by Crippen LogP contribution is -2.17. The number of carbonyl (C=O) groups is 1. The second-order valence-corrected chi connectivity index (χ2v) is 6.26. The predicted molar refractivity (Wildman–Crippen MR) is 90.5 cm³/mol. The van der Waals surface area contributed by atoms with Crippen molar-refractivity contribution >= 4 is 39.4 Å². The molecule has 114 valence electrons. The SMILES string of the molecule is CC(C)OC(=O)C(C)c1ccc2c(c1)[nH]c1ccc(Cl)cc12. The Labute approximate surface area is 134 Å². The molecule has 0 aliphatic heterocycles. The molecule has 0 aliphatic rings. The number of aromatic nitrogens is 1. The lowest BCUT2D eigenvalue weighted by molar-refractivity contribution is -0.148. The fourth-order valence-electron chi connectivity index (χ4n) is 2.63.